The van der Waals surface area contributed by atoms with E-state index in [0.717, 1.165) is 0 Å². The van der Waals surface area contributed by atoms with Gasteiger partial charge in [-0.25, -0.2) is 0 Å². The highest BCUT2D eigenvalue weighted by Crippen LogP contribution is 2.13. The number of allylic oxidation sites excluding steroid dienone is 2. The molecular formula is C23H23N2+. The molecule has 2 aromatic carbocycles. The summed E-state index contributed by atoms with van der Waals surface area (Å²) >= 11 is 0. The van der Waals surface area contributed by atoms with E-state index in [9.17, 15) is 0 Å². The van der Waals surface area contributed by atoms with E-state index in [1.165, 1.54) is 22.5 Å². The molecule has 0 bridgehead atoms. The molecule has 25 heavy (non-hydrogen) atoms. The Morgan fingerprint density at radius 2 is 1.24 bits per heavy atom. The average molecular weight is 327 g/mol. The first-order valence-electron chi connectivity index (χ1n) is 8.41. The van der Waals surface area contributed by atoms with Crippen molar-refractivity contribution in [3.05, 3.63) is 102 Å². The van der Waals surface area contributed by atoms with Crippen LogP contribution in [0.3, 0.4) is 0 Å². The SMILES string of the molecule is CN(C)c1ccc(/C=C/C=C/c2cc[n+](-c3ccccc3)cc2)cc1. The Kier molecular flexibility index (Phi) is 5.43. The second-order valence-electron chi connectivity index (χ2n) is 6.08. The Bertz CT molecular complexity index is 843. The second kappa shape index (κ2) is 8.11. The predicted molar refractivity (Wildman–Crippen MR) is 107 cm³/mol. The van der Waals surface area contributed by atoms with Gasteiger partial charge in [-0.05, 0) is 23.3 Å². The number of hydrogen-bond acceptors (Lipinski definition) is 1. The van der Waals surface area contributed by atoms with E-state index < -0.39 is 0 Å². The van der Waals surface area contributed by atoms with Gasteiger partial charge in [0, 0.05) is 44.0 Å². The summed E-state index contributed by atoms with van der Waals surface area (Å²) < 4.78 is 2.11. The third-order valence-electron chi connectivity index (χ3n) is 4.01. The molecule has 1 heterocycles. The van der Waals surface area contributed by atoms with Crippen LogP contribution in [0.5, 0.6) is 0 Å². The van der Waals surface area contributed by atoms with Crippen LogP contribution >= 0.6 is 0 Å². The largest absolute Gasteiger partial charge is 0.378 e. The zero-order valence-electron chi connectivity index (χ0n) is 14.7. The van der Waals surface area contributed by atoms with Crippen molar-refractivity contribution in [1.82, 2.24) is 0 Å². The maximum Gasteiger partial charge on any atom is 0.210 e. The highest BCUT2D eigenvalue weighted by Gasteiger charge is 2.02. The van der Waals surface area contributed by atoms with Crippen LogP contribution in [0.4, 0.5) is 5.69 Å². The minimum Gasteiger partial charge on any atom is -0.378 e. The number of aromatic nitrogens is 1. The summed E-state index contributed by atoms with van der Waals surface area (Å²) in [5, 5.41) is 0. The van der Waals surface area contributed by atoms with Gasteiger partial charge < -0.3 is 4.90 Å². The van der Waals surface area contributed by atoms with Crippen molar-refractivity contribution in [3.8, 4) is 5.69 Å². The molecule has 1 aromatic heterocycles. The van der Waals surface area contributed by atoms with Gasteiger partial charge in [-0.3, -0.25) is 0 Å². The van der Waals surface area contributed by atoms with Gasteiger partial charge in [0.15, 0.2) is 12.4 Å². The number of pyridine rings is 1. The molecule has 0 aliphatic heterocycles. The van der Waals surface area contributed by atoms with Gasteiger partial charge in [0.05, 0.1) is 0 Å². The topological polar surface area (TPSA) is 7.12 Å². The summed E-state index contributed by atoms with van der Waals surface area (Å²) in [5.74, 6) is 0. The van der Waals surface area contributed by atoms with Crippen molar-refractivity contribution in [3.63, 3.8) is 0 Å². The Morgan fingerprint density at radius 1 is 0.680 bits per heavy atom. The lowest BCUT2D eigenvalue weighted by Crippen LogP contribution is -2.28. The van der Waals surface area contributed by atoms with Crippen LogP contribution in [0, 0.1) is 0 Å². The number of nitrogens with zero attached hydrogens (tertiary/aromatic N) is 2. The number of benzene rings is 2. The Morgan fingerprint density at radius 3 is 1.80 bits per heavy atom. The third kappa shape index (κ3) is 4.67. The van der Waals surface area contributed by atoms with Crippen LogP contribution in [-0.2, 0) is 0 Å². The summed E-state index contributed by atoms with van der Waals surface area (Å²) in [5.41, 5.74) is 4.76. The molecule has 0 unspecified atom stereocenters. The molecule has 124 valence electrons. The normalized spacial score (nSPS) is 11.3. The average Bonchev–Trinajstić information content (AvgIpc) is 2.67. The molecule has 0 fully saturated rings. The van der Waals surface area contributed by atoms with Crippen molar-refractivity contribution >= 4 is 17.8 Å². The lowest BCUT2D eigenvalue weighted by atomic mass is 10.2. The first-order valence-corrected chi connectivity index (χ1v) is 8.41. The highest BCUT2D eigenvalue weighted by molar-refractivity contribution is 5.59. The van der Waals surface area contributed by atoms with Crippen molar-refractivity contribution < 1.29 is 4.57 Å². The smallest absolute Gasteiger partial charge is 0.210 e. The molecule has 0 radical (unpaired) electrons. The van der Waals surface area contributed by atoms with E-state index in [2.05, 4.69) is 109 Å². The van der Waals surface area contributed by atoms with Gasteiger partial charge in [-0.1, -0.05) is 54.6 Å². The molecule has 0 aliphatic rings. The highest BCUT2D eigenvalue weighted by atomic mass is 15.1. The molecule has 2 nitrogen and oxygen atoms in total. The number of anilines is 1. The quantitative estimate of drug-likeness (QED) is 0.484. The van der Waals surface area contributed by atoms with Gasteiger partial charge in [0.25, 0.3) is 0 Å². The first-order chi connectivity index (χ1) is 12.2. The fourth-order valence-electron chi connectivity index (χ4n) is 2.54. The minimum atomic E-state index is 1.17. The van der Waals surface area contributed by atoms with Gasteiger partial charge in [-0.15, -0.1) is 0 Å². The molecule has 0 spiro atoms. The fourth-order valence-corrected chi connectivity index (χ4v) is 2.54. The Labute approximate surface area is 150 Å². The van der Waals surface area contributed by atoms with E-state index in [0.29, 0.717) is 0 Å². The lowest BCUT2D eigenvalue weighted by Gasteiger charge is -2.11. The van der Waals surface area contributed by atoms with Gasteiger partial charge in [-0.2, -0.15) is 4.57 Å². The van der Waals surface area contributed by atoms with Gasteiger partial charge >= 0.3 is 0 Å². The van der Waals surface area contributed by atoms with E-state index in [1.54, 1.807) is 0 Å². The van der Waals surface area contributed by atoms with Gasteiger partial charge in [0.1, 0.15) is 0 Å². The number of para-hydroxylation sites is 1. The fraction of sp³-hybridized carbons (Fsp3) is 0.0870. The van der Waals surface area contributed by atoms with E-state index in [1.807, 2.05) is 18.2 Å². The first kappa shape index (κ1) is 16.7. The number of rotatable bonds is 5. The Balaban J connectivity index is 1.62. The zero-order chi connectivity index (χ0) is 17.5. The summed E-state index contributed by atoms with van der Waals surface area (Å²) in [7, 11) is 4.10. The van der Waals surface area contributed by atoms with Crippen LogP contribution in [0.1, 0.15) is 11.1 Å². The van der Waals surface area contributed by atoms with Gasteiger partial charge in [0.2, 0.25) is 5.69 Å². The molecular weight excluding hydrogens is 304 g/mol. The van der Waals surface area contributed by atoms with Crippen LogP contribution in [0.15, 0.2) is 91.3 Å². The Hall–Kier alpha value is -3.13. The summed E-state index contributed by atoms with van der Waals surface area (Å²) in [6.07, 6.45) is 12.5. The van der Waals surface area contributed by atoms with Crippen molar-refractivity contribution in [2.75, 3.05) is 19.0 Å². The second-order valence-corrected chi connectivity index (χ2v) is 6.08. The molecule has 0 amide bonds. The predicted octanol–water partition coefficient (Wildman–Crippen LogP) is 4.76. The minimum absolute atomic E-state index is 1.17. The lowest BCUT2D eigenvalue weighted by molar-refractivity contribution is -0.595. The van der Waals surface area contributed by atoms with Crippen LogP contribution in [0.2, 0.25) is 0 Å². The van der Waals surface area contributed by atoms with E-state index in [4.69, 9.17) is 0 Å². The van der Waals surface area contributed by atoms with E-state index in [-0.39, 0.29) is 0 Å². The van der Waals surface area contributed by atoms with Crippen LogP contribution < -0.4 is 9.47 Å². The van der Waals surface area contributed by atoms with Crippen LogP contribution in [0.25, 0.3) is 17.8 Å². The van der Waals surface area contributed by atoms with E-state index >= 15 is 0 Å². The molecule has 2 heteroatoms. The molecule has 0 N–H and O–H groups in total. The molecule has 0 saturated heterocycles. The van der Waals surface area contributed by atoms with Crippen molar-refractivity contribution in [2.45, 2.75) is 0 Å². The molecule has 0 saturated carbocycles. The van der Waals surface area contributed by atoms with Crippen molar-refractivity contribution in [2.24, 2.45) is 0 Å². The standard InChI is InChI=1S/C23H23N2/c1-24(2)22-14-12-20(13-15-22)8-6-7-9-21-16-18-25(19-17-21)23-10-4-3-5-11-23/h3-19H,1-2H3/q+1. The number of hydrogen-bond donors (Lipinski definition) is 0. The maximum atomic E-state index is 2.13. The summed E-state index contributed by atoms with van der Waals surface area (Å²) in [6.45, 7) is 0. The zero-order valence-corrected chi connectivity index (χ0v) is 14.7. The monoisotopic (exact) mass is 327 g/mol. The molecule has 0 aliphatic carbocycles. The molecule has 3 aromatic rings. The molecule has 0 atom stereocenters. The summed E-state index contributed by atoms with van der Waals surface area (Å²) in [4.78, 5) is 2.10. The summed E-state index contributed by atoms with van der Waals surface area (Å²) in [6, 6.07) is 23.1. The third-order valence-corrected chi connectivity index (χ3v) is 4.01. The van der Waals surface area contributed by atoms with Crippen LogP contribution in [-0.4, -0.2) is 14.1 Å². The molecule has 3 rings (SSSR count). The maximum absolute atomic E-state index is 2.13. The van der Waals surface area contributed by atoms with Crippen molar-refractivity contribution in [1.29, 1.82) is 0 Å².